The smallest absolute Gasteiger partial charge is 0.191 e. The average Bonchev–Trinajstić information content (AvgIpc) is 3.42. The molecule has 3 atom stereocenters. The van der Waals surface area contributed by atoms with E-state index in [0.717, 1.165) is 31.9 Å². The Morgan fingerprint density at radius 1 is 0.972 bits per heavy atom. The van der Waals surface area contributed by atoms with Crippen LogP contribution in [0, 0.1) is 5.92 Å². The number of methoxy groups -OCH3 is 1. The second-order valence-electron chi connectivity index (χ2n) is 12.4. The summed E-state index contributed by atoms with van der Waals surface area (Å²) >= 11 is 0. The predicted molar refractivity (Wildman–Crippen MR) is 151 cm³/mol. The lowest BCUT2D eigenvalue weighted by atomic mass is 9.91. The summed E-state index contributed by atoms with van der Waals surface area (Å²) < 4.78 is 17.7. The molecule has 3 rings (SSSR count). The van der Waals surface area contributed by atoms with E-state index in [9.17, 15) is 0 Å². The topological polar surface area (TPSA) is 40.2 Å². The van der Waals surface area contributed by atoms with Crippen molar-refractivity contribution in [1.29, 1.82) is 0 Å². The van der Waals surface area contributed by atoms with Gasteiger partial charge in [0.2, 0.25) is 0 Å². The SMILES string of the molecule is COc1ccc(COCCCCCCCCC[C@@H]2ON3CCC[C@H]3[C@H]2CO[Si](C)(C)C(C)(C)C)cc1. The first-order chi connectivity index (χ1) is 17.2. The van der Waals surface area contributed by atoms with Gasteiger partial charge in [-0.1, -0.05) is 71.4 Å². The quantitative estimate of drug-likeness (QED) is 0.165. The lowest BCUT2D eigenvalue weighted by Crippen LogP contribution is -2.44. The number of nitrogens with zero attached hydrogens (tertiary/aromatic N) is 1. The molecule has 1 aromatic rings. The zero-order valence-corrected chi connectivity index (χ0v) is 25.0. The van der Waals surface area contributed by atoms with Crippen molar-refractivity contribution in [1.82, 2.24) is 5.06 Å². The van der Waals surface area contributed by atoms with E-state index in [1.165, 1.54) is 63.4 Å². The molecule has 2 fully saturated rings. The highest BCUT2D eigenvalue weighted by atomic mass is 28.4. The van der Waals surface area contributed by atoms with Gasteiger partial charge in [-0.15, -0.1) is 0 Å². The zero-order valence-electron chi connectivity index (χ0n) is 24.0. The average molecular weight is 520 g/mol. The van der Waals surface area contributed by atoms with Gasteiger partial charge >= 0.3 is 0 Å². The van der Waals surface area contributed by atoms with E-state index >= 15 is 0 Å². The maximum absolute atomic E-state index is 6.67. The zero-order chi connectivity index (χ0) is 26.0. The molecule has 6 heteroatoms. The molecule has 0 radical (unpaired) electrons. The first-order valence-electron chi connectivity index (χ1n) is 14.5. The van der Waals surface area contributed by atoms with Crippen LogP contribution in [0.5, 0.6) is 5.75 Å². The van der Waals surface area contributed by atoms with Gasteiger partial charge in [0.05, 0.1) is 19.8 Å². The second-order valence-corrected chi connectivity index (χ2v) is 17.2. The molecular weight excluding hydrogens is 466 g/mol. The number of benzene rings is 1. The van der Waals surface area contributed by atoms with E-state index in [-0.39, 0.29) is 5.04 Å². The molecule has 2 aliphatic heterocycles. The van der Waals surface area contributed by atoms with Gasteiger partial charge in [-0.05, 0) is 61.5 Å². The summed E-state index contributed by atoms with van der Waals surface area (Å²) in [5, 5.41) is 2.56. The Morgan fingerprint density at radius 3 is 2.31 bits per heavy atom. The normalized spacial score (nSPS) is 22.8. The molecular formula is C30H53NO4Si. The molecule has 5 nitrogen and oxygen atoms in total. The number of rotatable bonds is 16. The summed E-state index contributed by atoms with van der Waals surface area (Å²) in [4.78, 5) is 6.42. The first kappa shape index (κ1) is 29.6. The molecule has 0 aliphatic carbocycles. The van der Waals surface area contributed by atoms with Crippen molar-refractivity contribution in [2.24, 2.45) is 5.92 Å². The standard InChI is InChI=1S/C30H53NO4Si/c1-30(2,3)36(5,6)34-24-27-28-15-14-21-31(28)35-29(27)16-12-10-8-7-9-11-13-22-33-23-25-17-19-26(32-4)20-18-25/h17-20,27-29H,7-16,21-24H2,1-6H3/t27-,28+,29+/m1/s1. The van der Waals surface area contributed by atoms with Crippen LogP contribution in [0.1, 0.15) is 90.5 Å². The first-order valence-corrected chi connectivity index (χ1v) is 17.4. The predicted octanol–water partition coefficient (Wildman–Crippen LogP) is 7.75. The highest BCUT2D eigenvalue weighted by Crippen LogP contribution is 2.41. The van der Waals surface area contributed by atoms with Crippen molar-refractivity contribution in [3.63, 3.8) is 0 Å². The molecule has 0 aromatic heterocycles. The fourth-order valence-corrected chi connectivity index (χ4v) is 6.22. The summed E-state index contributed by atoms with van der Waals surface area (Å²) in [6.45, 7) is 15.3. The lowest BCUT2D eigenvalue weighted by molar-refractivity contribution is -0.150. The van der Waals surface area contributed by atoms with Crippen LogP contribution < -0.4 is 4.74 Å². The molecule has 1 aromatic carbocycles. The van der Waals surface area contributed by atoms with E-state index in [0.29, 0.717) is 24.7 Å². The maximum Gasteiger partial charge on any atom is 0.191 e. The highest BCUT2D eigenvalue weighted by molar-refractivity contribution is 6.74. The molecule has 0 spiro atoms. The van der Waals surface area contributed by atoms with Gasteiger partial charge in [-0.2, -0.15) is 5.06 Å². The van der Waals surface area contributed by atoms with E-state index in [4.69, 9.17) is 18.7 Å². The summed E-state index contributed by atoms with van der Waals surface area (Å²) in [5.74, 6) is 1.44. The van der Waals surface area contributed by atoms with Crippen LogP contribution in [0.2, 0.25) is 18.1 Å². The third-order valence-corrected chi connectivity index (χ3v) is 13.1. The molecule has 2 aliphatic rings. The van der Waals surface area contributed by atoms with E-state index in [1.54, 1.807) is 7.11 Å². The van der Waals surface area contributed by atoms with E-state index < -0.39 is 8.32 Å². The summed E-state index contributed by atoms with van der Waals surface area (Å²) in [5.41, 5.74) is 1.20. The molecule has 36 heavy (non-hydrogen) atoms. The Morgan fingerprint density at radius 2 is 1.64 bits per heavy atom. The van der Waals surface area contributed by atoms with Crippen molar-refractivity contribution in [3.8, 4) is 5.75 Å². The Labute approximate surface area is 222 Å². The largest absolute Gasteiger partial charge is 0.497 e. The minimum absolute atomic E-state index is 0.264. The van der Waals surface area contributed by atoms with Gasteiger partial charge in [0.15, 0.2) is 8.32 Å². The van der Waals surface area contributed by atoms with Gasteiger partial charge in [-0.25, -0.2) is 0 Å². The number of unbranched alkanes of at least 4 members (excludes halogenated alkanes) is 6. The van der Waals surface area contributed by atoms with Crippen LogP contribution in [-0.2, 0) is 20.6 Å². The molecule has 206 valence electrons. The molecule has 0 unspecified atom stereocenters. The number of hydroxylamine groups is 2. The molecule has 0 N–H and O–H groups in total. The maximum atomic E-state index is 6.67. The van der Waals surface area contributed by atoms with Crippen molar-refractivity contribution >= 4 is 8.32 Å². The fourth-order valence-electron chi connectivity index (χ4n) is 5.18. The molecule has 0 bridgehead atoms. The van der Waals surface area contributed by atoms with Crippen molar-refractivity contribution < 1.29 is 18.7 Å². The van der Waals surface area contributed by atoms with E-state index in [2.05, 4.69) is 51.1 Å². The van der Waals surface area contributed by atoms with Gasteiger partial charge in [-0.3, -0.25) is 4.84 Å². The Hall–Kier alpha value is -0.923. The van der Waals surface area contributed by atoms with Crippen LogP contribution in [-0.4, -0.2) is 52.4 Å². The van der Waals surface area contributed by atoms with Crippen molar-refractivity contribution in [2.75, 3.05) is 26.9 Å². The number of hydrogen-bond acceptors (Lipinski definition) is 5. The Kier molecular flexibility index (Phi) is 11.8. The Balaban J connectivity index is 1.23. The number of hydrogen-bond donors (Lipinski definition) is 0. The van der Waals surface area contributed by atoms with Gasteiger partial charge in [0.25, 0.3) is 0 Å². The summed E-state index contributed by atoms with van der Waals surface area (Å²) in [7, 11) is -0.0252. The molecule has 0 saturated carbocycles. The van der Waals surface area contributed by atoms with Gasteiger partial charge < -0.3 is 13.9 Å². The monoisotopic (exact) mass is 519 g/mol. The number of ether oxygens (including phenoxy) is 2. The van der Waals surface area contributed by atoms with Crippen LogP contribution in [0.15, 0.2) is 24.3 Å². The Bertz CT molecular complexity index is 748. The van der Waals surface area contributed by atoms with Crippen LogP contribution in [0.4, 0.5) is 0 Å². The molecule has 2 heterocycles. The van der Waals surface area contributed by atoms with Gasteiger partial charge in [0, 0.05) is 31.7 Å². The fraction of sp³-hybridized carbons (Fsp3) is 0.800. The van der Waals surface area contributed by atoms with Crippen LogP contribution >= 0.6 is 0 Å². The summed E-state index contributed by atoms with van der Waals surface area (Å²) in [6, 6.07) is 8.70. The second kappa shape index (κ2) is 14.3. The third kappa shape index (κ3) is 8.83. The molecule has 2 saturated heterocycles. The van der Waals surface area contributed by atoms with Crippen molar-refractivity contribution in [2.45, 2.75) is 122 Å². The highest BCUT2D eigenvalue weighted by Gasteiger charge is 2.47. The van der Waals surface area contributed by atoms with Crippen LogP contribution in [0.3, 0.4) is 0 Å². The number of fused-ring (bicyclic) bond motifs is 1. The van der Waals surface area contributed by atoms with Crippen LogP contribution in [0.25, 0.3) is 0 Å². The van der Waals surface area contributed by atoms with E-state index in [1.807, 2.05) is 12.1 Å². The van der Waals surface area contributed by atoms with Gasteiger partial charge in [0.1, 0.15) is 5.75 Å². The molecule has 0 amide bonds. The minimum Gasteiger partial charge on any atom is -0.497 e. The lowest BCUT2D eigenvalue weighted by Gasteiger charge is -2.37. The summed E-state index contributed by atoms with van der Waals surface area (Å²) in [6.07, 6.45) is 13.0. The minimum atomic E-state index is -1.72. The van der Waals surface area contributed by atoms with Crippen molar-refractivity contribution in [3.05, 3.63) is 29.8 Å². The third-order valence-electron chi connectivity index (χ3n) is 8.64.